The van der Waals surface area contributed by atoms with E-state index in [4.69, 9.17) is 4.42 Å². The number of furan rings is 1. The molecule has 2 atom stereocenters. The Balaban J connectivity index is 1.98. The summed E-state index contributed by atoms with van der Waals surface area (Å²) in [7, 11) is 4.26. The zero-order chi connectivity index (χ0) is 12.3. The van der Waals surface area contributed by atoms with E-state index in [1.165, 1.54) is 0 Å². The molecule has 1 aromatic rings. The predicted molar refractivity (Wildman–Crippen MR) is 68.9 cm³/mol. The van der Waals surface area contributed by atoms with Crippen LogP contribution in [0.25, 0.3) is 0 Å². The summed E-state index contributed by atoms with van der Waals surface area (Å²) >= 11 is 0. The average Bonchev–Trinajstić information content (AvgIpc) is 2.74. The molecule has 1 aliphatic rings. The Morgan fingerprint density at radius 3 is 3.00 bits per heavy atom. The summed E-state index contributed by atoms with van der Waals surface area (Å²) in [6.45, 7) is 6.37. The van der Waals surface area contributed by atoms with Gasteiger partial charge in [-0.25, -0.2) is 0 Å². The van der Waals surface area contributed by atoms with E-state index in [1.54, 1.807) is 6.26 Å². The van der Waals surface area contributed by atoms with E-state index < -0.39 is 0 Å². The van der Waals surface area contributed by atoms with E-state index >= 15 is 0 Å². The van der Waals surface area contributed by atoms with Gasteiger partial charge in [0.25, 0.3) is 0 Å². The minimum Gasteiger partial charge on any atom is -0.468 e. The highest BCUT2D eigenvalue weighted by Crippen LogP contribution is 2.13. The summed E-state index contributed by atoms with van der Waals surface area (Å²) in [4.78, 5) is 4.76. The fourth-order valence-electron chi connectivity index (χ4n) is 2.43. The number of nitrogens with one attached hydrogen (secondary N) is 1. The van der Waals surface area contributed by atoms with Gasteiger partial charge in [-0.3, -0.25) is 4.90 Å². The van der Waals surface area contributed by atoms with E-state index in [9.17, 15) is 0 Å². The van der Waals surface area contributed by atoms with Gasteiger partial charge in [-0.2, -0.15) is 0 Å². The van der Waals surface area contributed by atoms with Gasteiger partial charge in [-0.1, -0.05) is 0 Å². The Morgan fingerprint density at radius 1 is 1.53 bits per heavy atom. The highest BCUT2D eigenvalue weighted by atomic mass is 16.3. The van der Waals surface area contributed by atoms with Gasteiger partial charge in [0.15, 0.2) is 0 Å². The number of hydrogen-bond donors (Lipinski definition) is 1. The van der Waals surface area contributed by atoms with Crippen LogP contribution in [0.3, 0.4) is 0 Å². The minimum absolute atomic E-state index is 0.559. The highest BCUT2D eigenvalue weighted by molar-refractivity contribution is 4.99. The maximum absolute atomic E-state index is 5.45. The van der Waals surface area contributed by atoms with Gasteiger partial charge in [0.05, 0.1) is 12.8 Å². The third-order valence-electron chi connectivity index (χ3n) is 3.24. The Morgan fingerprint density at radius 2 is 2.35 bits per heavy atom. The molecule has 0 aliphatic carbocycles. The van der Waals surface area contributed by atoms with Gasteiger partial charge in [0, 0.05) is 31.7 Å². The topological polar surface area (TPSA) is 31.7 Å². The third kappa shape index (κ3) is 3.56. The quantitative estimate of drug-likeness (QED) is 0.847. The first kappa shape index (κ1) is 12.6. The molecule has 0 saturated carbocycles. The van der Waals surface area contributed by atoms with E-state index in [-0.39, 0.29) is 0 Å². The third-order valence-corrected chi connectivity index (χ3v) is 3.24. The Kier molecular flexibility index (Phi) is 4.20. The van der Waals surface area contributed by atoms with Crippen molar-refractivity contribution in [1.82, 2.24) is 15.1 Å². The van der Waals surface area contributed by atoms with Gasteiger partial charge >= 0.3 is 0 Å². The van der Waals surface area contributed by atoms with Crippen LogP contribution < -0.4 is 5.32 Å². The van der Waals surface area contributed by atoms with Gasteiger partial charge in [-0.15, -0.1) is 0 Å². The second kappa shape index (κ2) is 5.67. The summed E-state index contributed by atoms with van der Waals surface area (Å²) in [5.74, 6) is 1.06. The van der Waals surface area contributed by atoms with Crippen molar-refractivity contribution in [3.63, 3.8) is 0 Å². The van der Waals surface area contributed by atoms with Gasteiger partial charge in [-0.05, 0) is 33.2 Å². The molecule has 1 N–H and O–H groups in total. The van der Waals surface area contributed by atoms with Crippen LogP contribution in [-0.4, -0.2) is 55.6 Å². The summed E-state index contributed by atoms with van der Waals surface area (Å²) in [5.41, 5.74) is 0. The molecule has 96 valence electrons. The molecule has 1 fully saturated rings. The average molecular weight is 237 g/mol. The molecule has 2 heterocycles. The maximum atomic E-state index is 5.45. The molecule has 2 rings (SSSR count). The number of nitrogens with zero attached hydrogens (tertiary/aromatic N) is 2. The van der Waals surface area contributed by atoms with E-state index in [0.29, 0.717) is 12.1 Å². The number of rotatable bonds is 4. The van der Waals surface area contributed by atoms with Crippen LogP contribution in [0.15, 0.2) is 22.8 Å². The molecular weight excluding hydrogens is 214 g/mol. The molecule has 0 radical (unpaired) electrons. The molecule has 4 nitrogen and oxygen atoms in total. The lowest BCUT2D eigenvalue weighted by molar-refractivity contribution is 0.0978. The lowest BCUT2D eigenvalue weighted by atomic mass is 10.1. The smallest absolute Gasteiger partial charge is 0.117 e. The van der Waals surface area contributed by atoms with E-state index in [1.807, 2.05) is 6.07 Å². The Bertz CT molecular complexity index is 323. The van der Waals surface area contributed by atoms with Crippen LogP contribution in [0.2, 0.25) is 0 Å². The van der Waals surface area contributed by atoms with Crippen LogP contribution >= 0.6 is 0 Å². The second-order valence-corrected chi connectivity index (χ2v) is 5.23. The molecule has 4 heteroatoms. The molecule has 1 saturated heterocycles. The SMILES string of the molecule is CC1CN(Cc2ccco2)C(CN(C)C)CN1. The fourth-order valence-corrected chi connectivity index (χ4v) is 2.43. The van der Waals surface area contributed by atoms with Crippen molar-refractivity contribution < 1.29 is 4.42 Å². The molecule has 1 aliphatic heterocycles. The van der Waals surface area contributed by atoms with Crippen molar-refractivity contribution in [3.05, 3.63) is 24.2 Å². The summed E-state index contributed by atoms with van der Waals surface area (Å²) in [6.07, 6.45) is 1.75. The van der Waals surface area contributed by atoms with Gasteiger partial charge in [0.2, 0.25) is 0 Å². The normalized spacial score (nSPS) is 26.6. The van der Waals surface area contributed by atoms with Crippen molar-refractivity contribution in [2.45, 2.75) is 25.6 Å². The Labute approximate surface area is 104 Å². The van der Waals surface area contributed by atoms with Crippen LogP contribution in [0, 0.1) is 0 Å². The minimum atomic E-state index is 0.559. The monoisotopic (exact) mass is 237 g/mol. The van der Waals surface area contributed by atoms with Crippen LogP contribution in [-0.2, 0) is 6.54 Å². The van der Waals surface area contributed by atoms with Crippen LogP contribution in [0.4, 0.5) is 0 Å². The summed E-state index contributed by atoms with van der Waals surface area (Å²) in [5, 5.41) is 3.55. The van der Waals surface area contributed by atoms with Crippen molar-refractivity contribution >= 4 is 0 Å². The molecule has 2 unspecified atom stereocenters. The predicted octanol–water partition coefficient (Wildman–Crippen LogP) is 1.00. The number of hydrogen-bond acceptors (Lipinski definition) is 4. The van der Waals surface area contributed by atoms with Crippen molar-refractivity contribution in [3.8, 4) is 0 Å². The first-order valence-corrected chi connectivity index (χ1v) is 6.29. The van der Waals surface area contributed by atoms with E-state index in [0.717, 1.165) is 31.9 Å². The molecular formula is C13H23N3O. The molecule has 0 aromatic carbocycles. The van der Waals surface area contributed by atoms with Crippen molar-refractivity contribution in [1.29, 1.82) is 0 Å². The summed E-state index contributed by atoms with van der Waals surface area (Å²) in [6, 6.07) is 5.14. The second-order valence-electron chi connectivity index (χ2n) is 5.23. The Hall–Kier alpha value is -0.840. The van der Waals surface area contributed by atoms with Crippen LogP contribution in [0.1, 0.15) is 12.7 Å². The van der Waals surface area contributed by atoms with Gasteiger partial charge < -0.3 is 14.6 Å². The standard InChI is InChI=1S/C13H23N3O/c1-11-8-16(10-13-5-4-6-17-13)12(7-14-11)9-15(2)3/h4-6,11-12,14H,7-10H2,1-3H3. The van der Waals surface area contributed by atoms with Crippen LogP contribution in [0.5, 0.6) is 0 Å². The molecule has 0 spiro atoms. The molecule has 1 aromatic heterocycles. The fraction of sp³-hybridized carbons (Fsp3) is 0.692. The molecule has 17 heavy (non-hydrogen) atoms. The van der Waals surface area contributed by atoms with E-state index in [2.05, 4.69) is 42.2 Å². The maximum Gasteiger partial charge on any atom is 0.117 e. The lowest BCUT2D eigenvalue weighted by Crippen LogP contribution is -2.57. The van der Waals surface area contributed by atoms with Gasteiger partial charge in [0.1, 0.15) is 5.76 Å². The highest BCUT2D eigenvalue weighted by Gasteiger charge is 2.26. The zero-order valence-electron chi connectivity index (χ0n) is 11.0. The number of piperazine rings is 1. The lowest BCUT2D eigenvalue weighted by Gasteiger charge is -2.40. The zero-order valence-corrected chi connectivity index (χ0v) is 11.0. The first-order chi connectivity index (χ1) is 8.15. The van der Waals surface area contributed by atoms with Crippen molar-refractivity contribution in [2.24, 2.45) is 0 Å². The molecule has 0 bridgehead atoms. The largest absolute Gasteiger partial charge is 0.468 e. The summed E-state index contributed by atoms with van der Waals surface area (Å²) < 4.78 is 5.45. The number of likely N-dealkylation sites (N-methyl/N-ethyl adjacent to an activating group) is 1. The van der Waals surface area contributed by atoms with Crippen molar-refractivity contribution in [2.75, 3.05) is 33.7 Å². The molecule has 0 amide bonds. The first-order valence-electron chi connectivity index (χ1n) is 6.29.